The van der Waals surface area contributed by atoms with Gasteiger partial charge in [0.05, 0.1) is 17.3 Å². The van der Waals surface area contributed by atoms with Crippen molar-refractivity contribution < 1.29 is 0 Å². The maximum Gasteiger partial charge on any atom is 0.115 e. The van der Waals surface area contributed by atoms with Gasteiger partial charge in [0.15, 0.2) is 0 Å². The number of benzene rings is 1. The molecule has 0 radical (unpaired) electrons. The number of pyridine rings is 1. The average Bonchev–Trinajstić information content (AvgIpc) is 2.46. The summed E-state index contributed by atoms with van der Waals surface area (Å²) in [6, 6.07) is 13.5. The fourth-order valence-corrected chi connectivity index (χ4v) is 1.61. The van der Waals surface area contributed by atoms with Gasteiger partial charge in [-0.05, 0) is 35.9 Å². The van der Waals surface area contributed by atoms with Crippen molar-refractivity contribution in [1.29, 1.82) is 0 Å². The molecule has 0 saturated heterocycles. The normalized spacial score (nSPS) is 11.9. The molecule has 0 atom stereocenters. The third-order valence-electron chi connectivity index (χ3n) is 2.41. The summed E-state index contributed by atoms with van der Waals surface area (Å²) in [5.74, 6) is 0.640. The van der Waals surface area contributed by atoms with Gasteiger partial charge in [-0.25, -0.2) is 4.99 Å². The molecule has 0 spiro atoms. The Balaban J connectivity index is 2.18. The van der Waals surface area contributed by atoms with Crippen LogP contribution < -0.4 is 5.73 Å². The van der Waals surface area contributed by atoms with E-state index in [1.54, 1.807) is 6.20 Å². The predicted octanol–water partition coefficient (Wildman–Crippen LogP) is 3.48. The van der Waals surface area contributed by atoms with E-state index in [4.69, 9.17) is 17.3 Å². The summed E-state index contributed by atoms with van der Waals surface area (Å²) < 4.78 is 0. The summed E-state index contributed by atoms with van der Waals surface area (Å²) in [7, 11) is 0. The van der Waals surface area contributed by atoms with E-state index in [9.17, 15) is 0 Å². The SMILES string of the molecule is NC(CCl)=Nc1cccc(C=Cc2ccccn2)c1. The van der Waals surface area contributed by atoms with Crippen LogP contribution in [0.2, 0.25) is 0 Å². The first-order valence-corrected chi connectivity index (χ1v) is 6.39. The van der Waals surface area contributed by atoms with Crippen LogP contribution in [-0.4, -0.2) is 16.7 Å². The molecule has 2 rings (SSSR count). The smallest absolute Gasteiger partial charge is 0.115 e. The largest absolute Gasteiger partial charge is 0.386 e. The fourth-order valence-electron chi connectivity index (χ4n) is 1.55. The summed E-state index contributed by atoms with van der Waals surface area (Å²) in [6.45, 7) is 0. The predicted molar refractivity (Wildman–Crippen MR) is 81.6 cm³/mol. The quantitative estimate of drug-likeness (QED) is 0.526. The van der Waals surface area contributed by atoms with Crippen LogP contribution in [0, 0.1) is 0 Å². The lowest BCUT2D eigenvalue weighted by atomic mass is 10.2. The standard InChI is InChI=1S/C15H14ClN3/c16-11-15(17)19-14-6-3-4-12(10-14)7-8-13-5-1-2-9-18-13/h1-10H,11H2,(H2,17,19). The van der Waals surface area contributed by atoms with Crippen molar-refractivity contribution in [2.45, 2.75) is 0 Å². The number of alkyl halides is 1. The molecule has 0 aliphatic heterocycles. The van der Waals surface area contributed by atoms with Gasteiger partial charge in [-0.2, -0.15) is 0 Å². The molecule has 0 unspecified atom stereocenters. The summed E-state index contributed by atoms with van der Waals surface area (Å²) in [5, 5.41) is 0. The third-order valence-corrected chi connectivity index (χ3v) is 2.69. The second-order valence-electron chi connectivity index (χ2n) is 3.92. The van der Waals surface area contributed by atoms with Gasteiger partial charge in [-0.15, -0.1) is 11.6 Å². The Morgan fingerprint density at radius 3 is 2.84 bits per heavy atom. The molecular weight excluding hydrogens is 258 g/mol. The highest BCUT2D eigenvalue weighted by molar-refractivity contribution is 6.28. The number of aliphatic imine (C=N–C) groups is 1. The molecular formula is C15H14ClN3. The highest BCUT2D eigenvalue weighted by Gasteiger charge is 1.94. The lowest BCUT2D eigenvalue weighted by Gasteiger charge is -1.98. The van der Waals surface area contributed by atoms with E-state index in [1.165, 1.54) is 0 Å². The molecule has 0 bridgehead atoms. The highest BCUT2D eigenvalue weighted by atomic mass is 35.5. The number of hydrogen-bond acceptors (Lipinski definition) is 2. The second kappa shape index (κ2) is 6.71. The molecule has 2 N–H and O–H groups in total. The van der Waals surface area contributed by atoms with Crippen molar-refractivity contribution in [3.63, 3.8) is 0 Å². The van der Waals surface area contributed by atoms with Crippen LogP contribution in [0.15, 0.2) is 53.7 Å². The molecule has 1 aromatic carbocycles. The first kappa shape index (κ1) is 13.3. The van der Waals surface area contributed by atoms with Crippen molar-refractivity contribution in [2.24, 2.45) is 10.7 Å². The Labute approximate surface area is 117 Å². The van der Waals surface area contributed by atoms with E-state index >= 15 is 0 Å². The van der Waals surface area contributed by atoms with Gasteiger partial charge >= 0.3 is 0 Å². The Kier molecular flexibility index (Phi) is 4.70. The van der Waals surface area contributed by atoms with E-state index in [0.29, 0.717) is 5.84 Å². The van der Waals surface area contributed by atoms with Gasteiger partial charge in [-0.1, -0.05) is 24.3 Å². The van der Waals surface area contributed by atoms with Crippen LogP contribution in [-0.2, 0) is 0 Å². The summed E-state index contributed by atoms with van der Waals surface area (Å²) in [4.78, 5) is 8.43. The molecule has 19 heavy (non-hydrogen) atoms. The Morgan fingerprint density at radius 2 is 2.11 bits per heavy atom. The summed E-state index contributed by atoms with van der Waals surface area (Å²) in [6.07, 6.45) is 5.70. The lowest BCUT2D eigenvalue weighted by molar-refractivity contribution is 1.30. The molecule has 0 aliphatic carbocycles. The zero-order valence-electron chi connectivity index (χ0n) is 10.3. The molecule has 1 heterocycles. The minimum Gasteiger partial charge on any atom is -0.386 e. The molecule has 0 aliphatic rings. The zero-order chi connectivity index (χ0) is 13.5. The zero-order valence-corrected chi connectivity index (χ0v) is 11.1. The van der Waals surface area contributed by atoms with Crippen molar-refractivity contribution in [2.75, 3.05) is 5.88 Å². The molecule has 1 aromatic heterocycles. The van der Waals surface area contributed by atoms with Gasteiger partial charge in [0.2, 0.25) is 0 Å². The van der Waals surface area contributed by atoms with E-state index < -0.39 is 0 Å². The number of aromatic nitrogens is 1. The van der Waals surface area contributed by atoms with Gasteiger partial charge < -0.3 is 5.73 Å². The van der Waals surface area contributed by atoms with Gasteiger partial charge in [0.1, 0.15) is 5.84 Å². The maximum atomic E-state index is 5.61. The van der Waals surface area contributed by atoms with Crippen LogP contribution in [0.3, 0.4) is 0 Å². The van der Waals surface area contributed by atoms with Crippen LogP contribution in [0.4, 0.5) is 5.69 Å². The first-order chi connectivity index (χ1) is 9.28. The monoisotopic (exact) mass is 271 g/mol. The number of rotatable bonds is 4. The van der Waals surface area contributed by atoms with Gasteiger partial charge in [0.25, 0.3) is 0 Å². The fraction of sp³-hybridized carbons (Fsp3) is 0.0667. The number of amidine groups is 1. The number of hydrogen-bond donors (Lipinski definition) is 1. The minimum atomic E-state index is 0.230. The number of halogens is 1. The van der Waals surface area contributed by atoms with Crippen molar-refractivity contribution >= 4 is 35.3 Å². The van der Waals surface area contributed by atoms with Crippen LogP contribution in [0.25, 0.3) is 12.2 Å². The molecule has 4 heteroatoms. The van der Waals surface area contributed by atoms with Gasteiger partial charge in [0, 0.05) is 6.20 Å². The van der Waals surface area contributed by atoms with E-state index in [0.717, 1.165) is 16.9 Å². The minimum absolute atomic E-state index is 0.230. The van der Waals surface area contributed by atoms with Gasteiger partial charge in [-0.3, -0.25) is 4.98 Å². The number of nitrogens with two attached hydrogens (primary N) is 1. The second-order valence-corrected chi connectivity index (χ2v) is 4.19. The molecule has 3 nitrogen and oxygen atoms in total. The lowest BCUT2D eigenvalue weighted by Crippen LogP contribution is -2.12. The van der Waals surface area contributed by atoms with E-state index in [1.807, 2.05) is 54.6 Å². The molecule has 0 saturated carbocycles. The van der Waals surface area contributed by atoms with Crippen molar-refractivity contribution in [1.82, 2.24) is 4.98 Å². The Bertz CT molecular complexity index is 591. The Morgan fingerprint density at radius 1 is 1.21 bits per heavy atom. The first-order valence-electron chi connectivity index (χ1n) is 5.86. The molecule has 0 fully saturated rings. The molecule has 96 valence electrons. The average molecular weight is 272 g/mol. The summed E-state index contributed by atoms with van der Waals surface area (Å²) >= 11 is 5.60. The topological polar surface area (TPSA) is 51.3 Å². The third kappa shape index (κ3) is 4.23. The molecule has 2 aromatic rings. The highest BCUT2D eigenvalue weighted by Crippen LogP contribution is 2.16. The van der Waals surface area contributed by atoms with Crippen molar-refractivity contribution in [3.8, 4) is 0 Å². The van der Waals surface area contributed by atoms with Crippen LogP contribution in [0.1, 0.15) is 11.3 Å². The molecule has 0 amide bonds. The van der Waals surface area contributed by atoms with E-state index in [2.05, 4.69) is 9.98 Å². The number of nitrogens with zero attached hydrogens (tertiary/aromatic N) is 2. The van der Waals surface area contributed by atoms with Crippen LogP contribution in [0.5, 0.6) is 0 Å². The maximum absolute atomic E-state index is 5.61. The van der Waals surface area contributed by atoms with Crippen LogP contribution >= 0.6 is 11.6 Å². The van der Waals surface area contributed by atoms with Crippen molar-refractivity contribution in [3.05, 3.63) is 59.9 Å². The Hall–Kier alpha value is -2.13. The summed E-state index contributed by atoms with van der Waals surface area (Å²) in [5.41, 5.74) is 8.35. The van der Waals surface area contributed by atoms with E-state index in [-0.39, 0.29) is 5.88 Å².